The molecule has 0 spiro atoms. The number of nitrogens with one attached hydrogen (secondary N) is 1. The number of ketones is 1. The average Bonchev–Trinajstić information content (AvgIpc) is 3.71. The molecule has 2 aliphatic rings. The highest BCUT2D eigenvalue weighted by molar-refractivity contribution is 7.89. The predicted molar refractivity (Wildman–Crippen MR) is 147 cm³/mol. The minimum atomic E-state index is -4.13. The molecule has 2 amide bonds. The number of carbonyl (C=O) groups excluding carboxylic acids is 3. The molecule has 3 atom stereocenters. The zero-order valence-electron chi connectivity index (χ0n) is 20.3. The summed E-state index contributed by atoms with van der Waals surface area (Å²) in [5.41, 5.74) is 0. The number of aromatic nitrogens is 1. The molecule has 202 valence electrons. The first kappa shape index (κ1) is 26.1. The number of carbonyl (C=O) groups is 3. The highest BCUT2D eigenvalue weighted by Crippen LogP contribution is 2.35. The molecule has 6 heterocycles. The molecule has 2 fully saturated rings. The number of likely N-dealkylation sites (tertiary alicyclic amines) is 1. The number of thiophene rings is 3. The van der Waals surface area contributed by atoms with Crippen molar-refractivity contribution in [3.63, 3.8) is 0 Å². The molecule has 2 aliphatic heterocycles. The van der Waals surface area contributed by atoms with Gasteiger partial charge in [-0.05, 0) is 41.4 Å². The Morgan fingerprint density at radius 1 is 1.15 bits per heavy atom. The topological polar surface area (TPSA) is 131 Å². The van der Waals surface area contributed by atoms with Crippen LogP contribution in [0.5, 0.6) is 0 Å². The number of sulfonamides is 1. The van der Waals surface area contributed by atoms with Gasteiger partial charge in [0.1, 0.15) is 17.0 Å². The number of Topliss-reactive ketones (excluding diaryl/α,β-unsaturated/α-hetero) is 1. The molecule has 14 heteroatoms. The number of fused-ring (bicyclic) bond motifs is 2. The molecule has 2 saturated heterocycles. The third-order valence-electron chi connectivity index (χ3n) is 6.97. The van der Waals surface area contributed by atoms with Crippen LogP contribution in [0.4, 0.5) is 0 Å². The summed E-state index contributed by atoms with van der Waals surface area (Å²) < 4.78 is 30.1. The zero-order chi connectivity index (χ0) is 27.3. The van der Waals surface area contributed by atoms with Gasteiger partial charge in [0.25, 0.3) is 5.91 Å². The van der Waals surface area contributed by atoms with Gasteiger partial charge in [0, 0.05) is 33.3 Å². The summed E-state index contributed by atoms with van der Waals surface area (Å²) in [6.07, 6.45) is 2.65. The lowest BCUT2D eigenvalue weighted by atomic mass is 10.1. The largest absolute Gasteiger partial charge is 0.619 e. The van der Waals surface area contributed by atoms with E-state index < -0.39 is 34.1 Å². The minimum absolute atomic E-state index is 0.174. The number of rotatable bonds is 7. The average molecular weight is 603 g/mol. The molecule has 6 rings (SSSR count). The number of nitrogens with zero attached hydrogens (tertiary/aromatic N) is 3. The van der Waals surface area contributed by atoms with Gasteiger partial charge < -0.3 is 15.4 Å². The lowest BCUT2D eigenvalue weighted by Crippen LogP contribution is -2.53. The zero-order valence-corrected chi connectivity index (χ0v) is 23.5. The van der Waals surface area contributed by atoms with Gasteiger partial charge in [-0.25, -0.2) is 8.42 Å². The van der Waals surface area contributed by atoms with Crippen molar-refractivity contribution in [3.05, 3.63) is 74.5 Å². The first-order chi connectivity index (χ1) is 18.7. The summed E-state index contributed by atoms with van der Waals surface area (Å²) >= 11 is 4.34. The normalized spacial score (nSPS) is 20.4. The van der Waals surface area contributed by atoms with E-state index in [1.165, 1.54) is 57.2 Å². The second kappa shape index (κ2) is 10.1. The van der Waals surface area contributed by atoms with E-state index in [9.17, 15) is 28.0 Å². The highest BCUT2D eigenvalue weighted by Gasteiger charge is 2.54. The Morgan fingerprint density at radius 2 is 2.00 bits per heavy atom. The maximum atomic E-state index is 13.9. The molecule has 0 aromatic carbocycles. The van der Waals surface area contributed by atoms with Crippen LogP contribution < -0.4 is 10.0 Å². The molecule has 4 aromatic heterocycles. The third kappa shape index (κ3) is 4.76. The Kier molecular flexibility index (Phi) is 6.75. The van der Waals surface area contributed by atoms with Crippen molar-refractivity contribution in [2.24, 2.45) is 0 Å². The van der Waals surface area contributed by atoms with Crippen LogP contribution in [0.1, 0.15) is 21.0 Å². The molecule has 0 radical (unpaired) electrons. The summed E-state index contributed by atoms with van der Waals surface area (Å²) in [6.45, 7) is -0.211. The number of pyridine rings is 1. The van der Waals surface area contributed by atoms with E-state index in [1.807, 2.05) is 29.0 Å². The van der Waals surface area contributed by atoms with Crippen molar-refractivity contribution >= 4 is 71.0 Å². The van der Waals surface area contributed by atoms with E-state index in [4.69, 9.17) is 0 Å². The molecule has 0 saturated carbocycles. The summed E-state index contributed by atoms with van der Waals surface area (Å²) in [4.78, 5) is 42.8. The third-order valence-corrected chi connectivity index (χ3v) is 11.8. The fourth-order valence-corrected chi connectivity index (χ4v) is 9.60. The van der Waals surface area contributed by atoms with Crippen molar-refractivity contribution in [1.82, 2.24) is 14.5 Å². The van der Waals surface area contributed by atoms with Crippen LogP contribution in [0.2, 0.25) is 0 Å². The van der Waals surface area contributed by atoms with E-state index in [0.29, 0.717) is 9.61 Å². The maximum absolute atomic E-state index is 13.9. The van der Waals surface area contributed by atoms with Gasteiger partial charge in [0.2, 0.25) is 15.9 Å². The molecule has 39 heavy (non-hydrogen) atoms. The van der Waals surface area contributed by atoms with Crippen LogP contribution in [-0.2, 0) is 26.0 Å². The van der Waals surface area contributed by atoms with Crippen LogP contribution in [0, 0.1) is 5.21 Å². The molecular weight excluding hydrogens is 581 g/mol. The molecule has 0 bridgehead atoms. The Hall–Kier alpha value is -3.17. The summed E-state index contributed by atoms with van der Waals surface area (Å²) in [5.74, 6) is -1.18. The van der Waals surface area contributed by atoms with Crippen molar-refractivity contribution in [3.8, 4) is 0 Å². The van der Waals surface area contributed by atoms with Gasteiger partial charge in [-0.3, -0.25) is 14.4 Å². The Balaban J connectivity index is 1.25. The lowest BCUT2D eigenvalue weighted by molar-refractivity contribution is -0.607. The van der Waals surface area contributed by atoms with Crippen LogP contribution >= 0.6 is 34.0 Å². The smallest absolute Gasteiger partial charge is 0.262 e. The summed E-state index contributed by atoms with van der Waals surface area (Å²) in [5, 5.41) is 18.4. The van der Waals surface area contributed by atoms with Crippen molar-refractivity contribution < 1.29 is 27.5 Å². The lowest BCUT2D eigenvalue weighted by Gasteiger charge is -2.28. The van der Waals surface area contributed by atoms with Crippen LogP contribution in [0.25, 0.3) is 9.40 Å². The molecule has 0 aliphatic carbocycles. The number of hydrogen-bond donors (Lipinski definition) is 1. The second-order valence-electron chi connectivity index (χ2n) is 9.32. The quantitative estimate of drug-likeness (QED) is 0.255. The van der Waals surface area contributed by atoms with E-state index in [-0.39, 0.29) is 42.5 Å². The predicted octanol–water partition coefficient (Wildman–Crippen LogP) is 2.24. The number of hydrogen-bond acceptors (Lipinski definition) is 9. The second-order valence-corrected chi connectivity index (χ2v) is 14.3. The van der Waals surface area contributed by atoms with Crippen molar-refractivity contribution in [1.29, 1.82) is 0 Å². The molecular formula is C25H22N4O6S4. The van der Waals surface area contributed by atoms with Crippen molar-refractivity contribution in [2.75, 3.05) is 13.1 Å². The first-order valence-corrected chi connectivity index (χ1v) is 16.1. The van der Waals surface area contributed by atoms with Gasteiger partial charge in [-0.15, -0.1) is 34.0 Å². The molecule has 4 aromatic rings. The molecule has 3 unspecified atom stereocenters. The fraction of sp³-hybridized carbons (Fsp3) is 0.280. The summed E-state index contributed by atoms with van der Waals surface area (Å²) in [7, 11) is -4.13. The highest BCUT2D eigenvalue weighted by atomic mass is 32.2. The fourth-order valence-electron chi connectivity index (χ4n) is 5.20. The van der Waals surface area contributed by atoms with E-state index in [1.54, 1.807) is 6.07 Å². The van der Waals surface area contributed by atoms with Crippen LogP contribution in [0.3, 0.4) is 0 Å². The SMILES string of the molecule is O=C(NC(Cc1cccs1)C(=O)N1CCC2C1C(=O)CN2S(=O)(=O)c1ccc[n+]([O-])c1)c1cc2sccc2s1. The van der Waals surface area contributed by atoms with Crippen molar-refractivity contribution in [2.45, 2.75) is 35.9 Å². The minimum Gasteiger partial charge on any atom is -0.619 e. The molecule has 10 nitrogen and oxygen atoms in total. The van der Waals surface area contributed by atoms with Gasteiger partial charge in [-0.2, -0.15) is 9.04 Å². The van der Waals surface area contributed by atoms with Crippen LogP contribution in [0.15, 0.2) is 64.4 Å². The van der Waals surface area contributed by atoms with E-state index in [2.05, 4.69) is 5.32 Å². The summed E-state index contributed by atoms with van der Waals surface area (Å²) in [6, 6.07) is 7.49. The van der Waals surface area contributed by atoms with Gasteiger partial charge in [-0.1, -0.05) is 6.07 Å². The monoisotopic (exact) mass is 602 g/mol. The first-order valence-electron chi connectivity index (χ1n) is 12.1. The Morgan fingerprint density at radius 3 is 2.74 bits per heavy atom. The Labute approximate surface area is 235 Å². The van der Waals surface area contributed by atoms with Crippen LogP contribution in [-0.4, -0.2) is 66.4 Å². The van der Waals surface area contributed by atoms with E-state index >= 15 is 0 Å². The molecule has 1 N–H and O–H groups in total. The van der Waals surface area contributed by atoms with E-state index in [0.717, 1.165) is 24.8 Å². The van der Waals surface area contributed by atoms with Gasteiger partial charge >= 0.3 is 0 Å². The standard InChI is InChI=1S/C25H22N4O6S4/c30-19-14-29(39(34,35)16-4-1-7-27(33)13-16)18-5-8-28(23(18)19)25(32)17(11-15-3-2-9-36-15)26-24(31)22-12-21-20(38-22)6-10-37-21/h1-4,6-7,9-10,12-13,17-18,23H,5,8,11,14H2,(H,26,31). The maximum Gasteiger partial charge on any atom is 0.262 e. The van der Waals surface area contributed by atoms with Gasteiger partial charge in [0.15, 0.2) is 18.2 Å². The van der Waals surface area contributed by atoms with Gasteiger partial charge in [0.05, 0.1) is 17.5 Å². The Bertz CT molecular complexity index is 1650. The number of amides is 2.